The summed E-state index contributed by atoms with van der Waals surface area (Å²) in [5, 5.41) is 18.0. The minimum atomic E-state index is -1.73. The molecule has 0 bridgehead atoms. The van der Waals surface area contributed by atoms with Gasteiger partial charge in [-0.15, -0.1) is 0 Å². The number of carbonyl (C=O) groups excluding carboxylic acids is 1. The van der Waals surface area contributed by atoms with Crippen LogP contribution < -0.4 is 0 Å². The molecule has 2 atom stereocenters. The van der Waals surface area contributed by atoms with Crippen molar-refractivity contribution in [3.05, 3.63) is 0 Å². The molecule has 2 fully saturated rings. The first-order chi connectivity index (χ1) is 5.14. The number of aliphatic hydroxyl groups is 2. The molecule has 0 radical (unpaired) electrons. The fourth-order valence-corrected chi connectivity index (χ4v) is 1.03. The predicted octanol–water partition coefficient (Wildman–Crippen LogP) is -1.44. The Morgan fingerprint density at radius 3 is 2.45 bits per heavy atom. The molecule has 11 heavy (non-hydrogen) atoms. The van der Waals surface area contributed by atoms with E-state index in [2.05, 4.69) is 9.47 Å². The van der Waals surface area contributed by atoms with Gasteiger partial charge in [0, 0.05) is 0 Å². The van der Waals surface area contributed by atoms with Crippen LogP contribution in [0.2, 0.25) is 0 Å². The monoisotopic (exact) mass is 162 g/mol. The van der Waals surface area contributed by atoms with Crippen LogP contribution >= 0.6 is 0 Å². The molecule has 2 N–H and O–H groups in total. The fraction of sp³-hybridized carbons (Fsp3) is 0.800. The van der Waals surface area contributed by atoms with Crippen LogP contribution in [0.3, 0.4) is 0 Å². The van der Waals surface area contributed by atoms with E-state index in [1.807, 2.05) is 0 Å². The Hall–Kier alpha value is -0.850. The minimum Gasteiger partial charge on any atom is -0.388 e. The van der Waals surface area contributed by atoms with Gasteiger partial charge in [0.2, 0.25) is 0 Å². The van der Waals surface area contributed by atoms with Crippen LogP contribution in [0, 0.1) is 0 Å². The highest BCUT2D eigenvalue weighted by Crippen LogP contribution is 2.36. The summed E-state index contributed by atoms with van der Waals surface area (Å²) in [6, 6.07) is 0. The number of aliphatic hydroxyl groups excluding tert-OH is 2. The van der Waals surface area contributed by atoms with Crippen molar-refractivity contribution in [2.24, 2.45) is 0 Å². The first kappa shape index (κ1) is 6.84. The maximum atomic E-state index is 10.2. The third-order valence-electron chi connectivity index (χ3n) is 1.63. The van der Waals surface area contributed by atoms with Crippen molar-refractivity contribution in [1.29, 1.82) is 0 Å². The first-order valence-corrected chi connectivity index (χ1v) is 3.06. The van der Waals surface area contributed by atoms with Gasteiger partial charge < -0.3 is 24.4 Å². The fourth-order valence-electron chi connectivity index (χ4n) is 1.03. The Morgan fingerprint density at radius 1 is 1.45 bits per heavy atom. The molecule has 0 aliphatic carbocycles. The molecule has 0 aromatic heterocycles. The molecule has 0 aromatic carbocycles. The van der Waals surface area contributed by atoms with Crippen LogP contribution in [0.4, 0.5) is 4.79 Å². The molecule has 6 heteroatoms. The molecule has 62 valence electrons. The molecule has 2 aliphatic rings. The summed E-state index contributed by atoms with van der Waals surface area (Å²) in [5.41, 5.74) is 0. The molecule has 2 saturated heterocycles. The van der Waals surface area contributed by atoms with E-state index in [0.29, 0.717) is 0 Å². The molecule has 2 heterocycles. The van der Waals surface area contributed by atoms with Gasteiger partial charge in [-0.25, -0.2) is 4.79 Å². The van der Waals surface area contributed by atoms with Gasteiger partial charge >= 0.3 is 12.1 Å². The summed E-state index contributed by atoms with van der Waals surface area (Å²) in [4.78, 5) is 10.2. The smallest absolute Gasteiger partial charge is 0.388 e. The molecular formula is C5H6O6. The molecule has 0 amide bonds. The van der Waals surface area contributed by atoms with E-state index in [1.54, 1.807) is 0 Å². The average molecular weight is 162 g/mol. The second-order valence-electron chi connectivity index (χ2n) is 2.38. The van der Waals surface area contributed by atoms with Crippen LogP contribution in [0.5, 0.6) is 0 Å². The zero-order chi connectivity index (χ0) is 8.06. The maximum absolute atomic E-state index is 10.2. The van der Waals surface area contributed by atoms with Crippen molar-refractivity contribution in [2.75, 3.05) is 6.61 Å². The van der Waals surface area contributed by atoms with Gasteiger partial charge in [-0.05, 0) is 0 Å². The molecule has 2 unspecified atom stereocenters. The standard InChI is InChI=1S/C5H6O6/c6-2-1-9-5(3(2)7)10-4(8)11-5/h2-3,6-7H,1H2. The Bertz CT molecular complexity index is 193. The van der Waals surface area contributed by atoms with Gasteiger partial charge in [-0.1, -0.05) is 0 Å². The van der Waals surface area contributed by atoms with Crippen molar-refractivity contribution in [1.82, 2.24) is 0 Å². The van der Waals surface area contributed by atoms with E-state index in [-0.39, 0.29) is 6.61 Å². The maximum Gasteiger partial charge on any atom is 0.518 e. The van der Waals surface area contributed by atoms with Crippen molar-refractivity contribution in [3.63, 3.8) is 0 Å². The zero-order valence-electron chi connectivity index (χ0n) is 5.39. The second-order valence-corrected chi connectivity index (χ2v) is 2.38. The van der Waals surface area contributed by atoms with E-state index in [1.165, 1.54) is 0 Å². The van der Waals surface area contributed by atoms with E-state index in [0.717, 1.165) is 0 Å². The quantitative estimate of drug-likeness (QED) is 0.424. The van der Waals surface area contributed by atoms with Crippen LogP contribution in [0.15, 0.2) is 0 Å². The second kappa shape index (κ2) is 1.84. The number of ether oxygens (including phenoxy) is 3. The molecule has 0 saturated carbocycles. The van der Waals surface area contributed by atoms with Crippen molar-refractivity contribution < 1.29 is 29.2 Å². The number of hydrogen-bond donors (Lipinski definition) is 2. The van der Waals surface area contributed by atoms with Gasteiger partial charge in [-0.3, -0.25) is 0 Å². The highest BCUT2D eigenvalue weighted by molar-refractivity contribution is 5.65. The SMILES string of the molecule is O=C1OC2(OCC(O)C2O)O1. The highest BCUT2D eigenvalue weighted by Gasteiger charge is 2.63. The van der Waals surface area contributed by atoms with Crippen molar-refractivity contribution in [3.8, 4) is 0 Å². The summed E-state index contributed by atoms with van der Waals surface area (Å²) >= 11 is 0. The lowest BCUT2D eigenvalue weighted by Crippen LogP contribution is -2.58. The topological polar surface area (TPSA) is 85.2 Å². The molecular weight excluding hydrogens is 156 g/mol. The summed E-state index contributed by atoms with van der Waals surface area (Å²) in [7, 11) is 0. The van der Waals surface area contributed by atoms with Crippen LogP contribution in [0.1, 0.15) is 0 Å². The Balaban J connectivity index is 2.11. The van der Waals surface area contributed by atoms with Gasteiger partial charge in [0.25, 0.3) is 0 Å². The van der Waals surface area contributed by atoms with Crippen molar-refractivity contribution >= 4 is 6.16 Å². The largest absolute Gasteiger partial charge is 0.518 e. The van der Waals surface area contributed by atoms with E-state index in [9.17, 15) is 4.79 Å². The highest BCUT2D eigenvalue weighted by atomic mass is 17.0. The summed E-state index contributed by atoms with van der Waals surface area (Å²) in [5.74, 6) is -1.73. The molecule has 0 aromatic rings. The molecule has 6 nitrogen and oxygen atoms in total. The van der Waals surface area contributed by atoms with E-state index < -0.39 is 24.3 Å². The lowest BCUT2D eigenvalue weighted by atomic mass is 10.2. The molecule has 2 rings (SSSR count). The van der Waals surface area contributed by atoms with Gasteiger partial charge in [0.05, 0.1) is 6.61 Å². The third kappa shape index (κ3) is 0.740. The van der Waals surface area contributed by atoms with Crippen LogP contribution in [-0.4, -0.2) is 41.2 Å². The molecule has 1 spiro atoms. The Labute approximate surface area is 61.3 Å². The summed E-state index contributed by atoms with van der Waals surface area (Å²) < 4.78 is 13.5. The first-order valence-electron chi connectivity index (χ1n) is 3.06. The third-order valence-corrected chi connectivity index (χ3v) is 1.63. The minimum absolute atomic E-state index is 0.103. The normalized spacial score (nSPS) is 39.6. The van der Waals surface area contributed by atoms with E-state index in [4.69, 9.17) is 14.9 Å². The van der Waals surface area contributed by atoms with E-state index >= 15 is 0 Å². The van der Waals surface area contributed by atoms with Gasteiger partial charge in [0.15, 0.2) is 6.10 Å². The summed E-state index contributed by atoms with van der Waals surface area (Å²) in [6.07, 6.45) is -3.29. The number of rotatable bonds is 0. The lowest BCUT2D eigenvalue weighted by molar-refractivity contribution is -0.411. The number of carbonyl (C=O) groups is 1. The van der Waals surface area contributed by atoms with Crippen molar-refractivity contribution in [2.45, 2.75) is 18.2 Å². The van der Waals surface area contributed by atoms with Crippen LogP contribution in [-0.2, 0) is 14.2 Å². The molecule has 2 aliphatic heterocycles. The van der Waals surface area contributed by atoms with Crippen LogP contribution in [0.25, 0.3) is 0 Å². The van der Waals surface area contributed by atoms with Gasteiger partial charge in [0.1, 0.15) is 6.10 Å². The van der Waals surface area contributed by atoms with Gasteiger partial charge in [-0.2, -0.15) is 0 Å². The summed E-state index contributed by atoms with van der Waals surface area (Å²) in [6.45, 7) is -0.103. The number of hydrogen-bond acceptors (Lipinski definition) is 6. The lowest BCUT2D eigenvalue weighted by Gasteiger charge is -2.36. The average Bonchev–Trinajstić information content (AvgIpc) is 2.16. The Morgan fingerprint density at radius 2 is 2.09 bits per heavy atom. The zero-order valence-corrected chi connectivity index (χ0v) is 5.39. The predicted molar refractivity (Wildman–Crippen MR) is 28.3 cm³/mol. The Kier molecular flexibility index (Phi) is 1.15.